The molecule has 1 aliphatic heterocycles. The summed E-state index contributed by atoms with van der Waals surface area (Å²) < 4.78 is 0.772. The Morgan fingerprint density at radius 1 is 1.32 bits per heavy atom. The van der Waals surface area contributed by atoms with E-state index in [0.29, 0.717) is 16.0 Å². The number of nitrogens with zero attached hydrogens (tertiary/aromatic N) is 1. The number of carbonyl (C=O) groups is 1. The van der Waals surface area contributed by atoms with Crippen molar-refractivity contribution in [2.75, 3.05) is 13.1 Å². The van der Waals surface area contributed by atoms with Crippen molar-refractivity contribution in [2.45, 2.75) is 33.1 Å². The van der Waals surface area contributed by atoms with E-state index in [2.05, 4.69) is 29.8 Å². The van der Waals surface area contributed by atoms with E-state index in [1.54, 1.807) is 18.2 Å². The van der Waals surface area contributed by atoms with Gasteiger partial charge in [0, 0.05) is 22.6 Å². The van der Waals surface area contributed by atoms with Crippen LogP contribution in [-0.4, -0.2) is 23.9 Å². The Morgan fingerprint density at radius 2 is 2.05 bits per heavy atom. The van der Waals surface area contributed by atoms with E-state index in [9.17, 15) is 4.79 Å². The van der Waals surface area contributed by atoms with E-state index in [1.165, 1.54) is 6.42 Å². The molecule has 1 amide bonds. The molecule has 1 fully saturated rings. The van der Waals surface area contributed by atoms with Crippen molar-refractivity contribution in [1.82, 2.24) is 4.90 Å². The van der Waals surface area contributed by atoms with Gasteiger partial charge in [0.25, 0.3) is 5.91 Å². The molecule has 0 bridgehead atoms. The number of carbonyl (C=O) groups excluding carboxylic acids is 1. The van der Waals surface area contributed by atoms with Crippen molar-refractivity contribution in [3.05, 3.63) is 33.3 Å². The average molecular weight is 345 g/mol. The summed E-state index contributed by atoms with van der Waals surface area (Å²) in [5.41, 5.74) is 1.04. The van der Waals surface area contributed by atoms with Crippen LogP contribution in [-0.2, 0) is 0 Å². The number of halogens is 2. The molecule has 0 spiro atoms. The van der Waals surface area contributed by atoms with Crippen molar-refractivity contribution in [3.63, 3.8) is 0 Å². The molecule has 1 aromatic rings. The third-order valence-electron chi connectivity index (χ3n) is 3.79. The van der Waals surface area contributed by atoms with Gasteiger partial charge in [-0.1, -0.05) is 25.4 Å². The van der Waals surface area contributed by atoms with E-state index in [4.69, 9.17) is 11.6 Å². The number of rotatable bonds is 1. The summed E-state index contributed by atoms with van der Waals surface area (Å²) in [5.74, 6) is 0.0984. The maximum Gasteiger partial charge on any atom is 0.254 e. The van der Waals surface area contributed by atoms with Gasteiger partial charge in [-0.15, -0.1) is 0 Å². The van der Waals surface area contributed by atoms with E-state index in [-0.39, 0.29) is 5.91 Å². The largest absolute Gasteiger partial charge is 0.339 e. The molecule has 104 valence electrons. The average Bonchev–Trinajstić information content (AvgIpc) is 2.49. The summed E-state index contributed by atoms with van der Waals surface area (Å²) in [6.07, 6.45) is 3.31. The van der Waals surface area contributed by atoms with Gasteiger partial charge in [0.2, 0.25) is 0 Å². The summed E-state index contributed by atoms with van der Waals surface area (Å²) in [6, 6.07) is 5.34. The highest BCUT2D eigenvalue weighted by Gasteiger charge is 2.26. The predicted octanol–water partition coefficient (Wildman–Crippen LogP) is 4.75. The molecular weight excluding hydrogens is 326 g/mol. The van der Waals surface area contributed by atoms with Crippen LogP contribution in [0.5, 0.6) is 0 Å². The molecule has 0 unspecified atom stereocenters. The van der Waals surface area contributed by atoms with Crippen LogP contribution in [0.2, 0.25) is 5.02 Å². The second-order valence-electron chi connectivity index (χ2n) is 5.93. The second-order valence-corrected chi connectivity index (χ2v) is 7.22. The Balaban J connectivity index is 2.15. The fourth-order valence-electron chi connectivity index (χ4n) is 2.46. The molecule has 0 N–H and O–H groups in total. The summed E-state index contributed by atoms with van der Waals surface area (Å²) >= 11 is 9.34. The molecule has 0 radical (unpaired) electrons. The third-order valence-corrected chi connectivity index (χ3v) is 4.68. The Morgan fingerprint density at radius 3 is 2.74 bits per heavy atom. The van der Waals surface area contributed by atoms with Gasteiger partial charge in [-0.25, -0.2) is 0 Å². The first-order valence-electron chi connectivity index (χ1n) is 6.63. The number of likely N-dealkylation sites (tertiary alicyclic amines) is 1. The Hall–Kier alpha value is -0.540. The summed E-state index contributed by atoms with van der Waals surface area (Å²) in [5, 5.41) is 0.639. The molecule has 0 saturated carbocycles. The van der Waals surface area contributed by atoms with Gasteiger partial charge in [0.15, 0.2) is 0 Å². The highest BCUT2D eigenvalue weighted by Crippen LogP contribution is 2.31. The molecule has 1 heterocycles. The van der Waals surface area contributed by atoms with Gasteiger partial charge in [-0.2, -0.15) is 0 Å². The summed E-state index contributed by atoms with van der Waals surface area (Å²) in [6.45, 7) is 6.23. The monoisotopic (exact) mass is 343 g/mol. The molecule has 0 aromatic heterocycles. The summed E-state index contributed by atoms with van der Waals surface area (Å²) in [4.78, 5) is 14.5. The van der Waals surface area contributed by atoms with Gasteiger partial charge >= 0.3 is 0 Å². The van der Waals surface area contributed by atoms with Crippen molar-refractivity contribution in [1.29, 1.82) is 0 Å². The Kier molecular flexibility index (Phi) is 4.57. The molecule has 2 rings (SSSR count). The summed E-state index contributed by atoms with van der Waals surface area (Å²) in [7, 11) is 0. The standard InChI is InChI=1S/C15H19BrClNO/c1-15(2)6-3-8-18(9-7-15)14(19)12-5-4-11(17)10-13(12)16/h4-5,10H,3,6-9H2,1-2H3. The lowest BCUT2D eigenvalue weighted by Gasteiger charge is -2.23. The molecule has 1 aliphatic rings. The van der Waals surface area contributed by atoms with Gasteiger partial charge in [-0.05, 0) is 58.8 Å². The minimum atomic E-state index is 0.0984. The number of hydrogen-bond acceptors (Lipinski definition) is 1. The van der Waals surface area contributed by atoms with Gasteiger partial charge in [0.05, 0.1) is 5.56 Å². The molecule has 4 heteroatoms. The maximum atomic E-state index is 12.5. The highest BCUT2D eigenvalue weighted by atomic mass is 79.9. The third kappa shape index (κ3) is 3.73. The van der Waals surface area contributed by atoms with Crippen LogP contribution in [0.4, 0.5) is 0 Å². The number of hydrogen-bond donors (Lipinski definition) is 0. The van der Waals surface area contributed by atoms with E-state index < -0.39 is 0 Å². The first kappa shape index (κ1) is 14.9. The van der Waals surface area contributed by atoms with Crippen molar-refractivity contribution >= 4 is 33.4 Å². The van der Waals surface area contributed by atoms with Crippen LogP contribution in [0.1, 0.15) is 43.5 Å². The molecular formula is C15H19BrClNO. The second kappa shape index (κ2) is 5.84. The lowest BCUT2D eigenvalue weighted by molar-refractivity contribution is 0.0756. The number of amides is 1. The topological polar surface area (TPSA) is 20.3 Å². The van der Waals surface area contributed by atoms with E-state index >= 15 is 0 Å². The molecule has 1 aromatic carbocycles. The zero-order valence-corrected chi connectivity index (χ0v) is 13.7. The lowest BCUT2D eigenvalue weighted by Crippen LogP contribution is -2.32. The molecule has 19 heavy (non-hydrogen) atoms. The Labute approximate surface area is 128 Å². The number of benzene rings is 1. The lowest BCUT2D eigenvalue weighted by atomic mass is 9.85. The van der Waals surface area contributed by atoms with Gasteiger partial charge in [-0.3, -0.25) is 4.79 Å². The minimum Gasteiger partial charge on any atom is -0.339 e. The van der Waals surface area contributed by atoms with Gasteiger partial charge < -0.3 is 4.90 Å². The normalized spacial score (nSPS) is 19.1. The molecule has 1 saturated heterocycles. The predicted molar refractivity (Wildman–Crippen MR) is 82.7 cm³/mol. The first-order chi connectivity index (χ1) is 8.89. The zero-order valence-electron chi connectivity index (χ0n) is 11.4. The fraction of sp³-hybridized carbons (Fsp3) is 0.533. The first-order valence-corrected chi connectivity index (χ1v) is 7.80. The Bertz CT molecular complexity index is 487. The fourth-order valence-corrected chi connectivity index (χ4v) is 3.31. The van der Waals surface area contributed by atoms with E-state index in [0.717, 1.165) is 30.4 Å². The molecule has 0 aliphatic carbocycles. The van der Waals surface area contributed by atoms with Crippen molar-refractivity contribution < 1.29 is 4.79 Å². The van der Waals surface area contributed by atoms with Crippen LogP contribution in [0, 0.1) is 5.41 Å². The quantitative estimate of drug-likeness (QED) is 0.719. The van der Waals surface area contributed by atoms with Crippen LogP contribution in [0.15, 0.2) is 22.7 Å². The van der Waals surface area contributed by atoms with Crippen molar-refractivity contribution in [3.8, 4) is 0 Å². The minimum absolute atomic E-state index is 0.0984. The van der Waals surface area contributed by atoms with Crippen LogP contribution < -0.4 is 0 Å². The molecule has 2 nitrogen and oxygen atoms in total. The van der Waals surface area contributed by atoms with Crippen LogP contribution in [0.25, 0.3) is 0 Å². The van der Waals surface area contributed by atoms with Crippen molar-refractivity contribution in [2.24, 2.45) is 5.41 Å². The van der Waals surface area contributed by atoms with Gasteiger partial charge in [0.1, 0.15) is 0 Å². The van der Waals surface area contributed by atoms with Crippen LogP contribution in [0.3, 0.4) is 0 Å². The highest BCUT2D eigenvalue weighted by molar-refractivity contribution is 9.10. The van der Waals surface area contributed by atoms with E-state index in [1.807, 2.05) is 4.90 Å². The zero-order chi connectivity index (χ0) is 14.0. The molecule has 0 atom stereocenters. The SMILES string of the molecule is CC1(C)CCCN(C(=O)c2ccc(Cl)cc2Br)CC1. The smallest absolute Gasteiger partial charge is 0.254 e. The van der Waals surface area contributed by atoms with Crippen LogP contribution >= 0.6 is 27.5 Å². The maximum absolute atomic E-state index is 12.5.